The zero-order valence-corrected chi connectivity index (χ0v) is 12.5. The molecule has 0 N–H and O–H groups in total. The molecule has 2 rings (SSSR count). The van der Waals surface area contributed by atoms with E-state index < -0.39 is 0 Å². The Morgan fingerprint density at radius 2 is 1.81 bits per heavy atom. The number of carbonyl (C=O) groups is 1. The van der Waals surface area contributed by atoms with Gasteiger partial charge in [0.15, 0.2) is 6.29 Å². The highest BCUT2D eigenvalue weighted by atomic mass is 16.5. The predicted molar refractivity (Wildman–Crippen MR) is 83.1 cm³/mol. The summed E-state index contributed by atoms with van der Waals surface area (Å²) < 4.78 is 7.06. The van der Waals surface area contributed by atoms with Gasteiger partial charge in [0.25, 0.3) is 5.56 Å². The molecule has 4 nitrogen and oxygen atoms in total. The Labute approximate surface area is 124 Å². The van der Waals surface area contributed by atoms with Crippen molar-refractivity contribution >= 4 is 6.29 Å². The first-order chi connectivity index (χ1) is 10.1. The van der Waals surface area contributed by atoms with E-state index in [0.717, 1.165) is 17.0 Å². The Morgan fingerprint density at radius 1 is 1.14 bits per heavy atom. The number of benzene rings is 1. The minimum absolute atomic E-state index is 0.0287. The summed E-state index contributed by atoms with van der Waals surface area (Å²) in [6, 6.07) is 10.9. The Morgan fingerprint density at radius 3 is 2.33 bits per heavy atom. The van der Waals surface area contributed by atoms with Crippen LogP contribution in [0.15, 0.2) is 41.2 Å². The van der Waals surface area contributed by atoms with Gasteiger partial charge in [0, 0.05) is 6.04 Å². The molecule has 2 aromatic rings. The molecule has 1 heterocycles. The number of hydrogen-bond acceptors (Lipinski definition) is 3. The summed E-state index contributed by atoms with van der Waals surface area (Å²) in [6.45, 7) is 6.40. The van der Waals surface area contributed by atoms with Crippen molar-refractivity contribution in [3.05, 3.63) is 52.3 Å². The van der Waals surface area contributed by atoms with E-state index in [1.165, 1.54) is 0 Å². The number of aldehydes is 1. The third-order valence-corrected chi connectivity index (χ3v) is 3.25. The van der Waals surface area contributed by atoms with Gasteiger partial charge in [-0.05, 0) is 62.7 Å². The van der Waals surface area contributed by atoms with E-state index in [1.807, 2.05) is 45.0 Å². The largest absolute Gasteiger partial charge is 0.494 e. The number of pyridine rings is 1. The van der Waals surface area contributed by atoms with Crippen molar-refractivity contribution in [3.63, 3.8) is 0 Å². The van der Waals surface area contributed by atoms with Gasteiger partial charge in [-0.1, -0.05) is 0 Å². The molecule has 0 spiro atoms. The lowest BCUT2D eigenvalue weighted by Crippen LogP contribution is -2.26. The van der Waals surface area contributed by atoms with Crippen molar-refractivity contribution < 1.29 is 9.53 Å². The molecule has 21 heavy (non-hydrogen) atoms. The summed E-state index contributed by atoms with van der Waals surface area (Å²) in [5, 5.41) is 0. The van der Waals surface area contributed by atoms with E-state index in [2.05, 4.69) is 0 Å². The second-order valence-corrected chi connectivity index (χ2v) is 5.02. The average molecular weight is 285 g/mol. The predicted octanol–water partition coefficient (Wildman–Crippen LogP) is 3.31. The maximum absolute atomic E-state index is 12.3. The van der Waals surface area contributed by atoms with Gasteiger partial charge in [-0.25, -0.2) is 0 Å². The van der Waals surface area contributed by atoms with Crippen LogP contribution in [0.5, 0.6) is 5.75 Å². The van der Waals surface area contributed by atoms with E-state index in [9.17, 15) is 9.59 Å². The van der Waals surface area contributed by atoms with E-state index in [4.69, 9.17) is 4.74 Å². The summed E-state index contributed by atoms with van der Waals surface area (Å²) in [7, 11) is 0. The van der Waals surface area contributed by atoms with Crippen LogP contribution in [0.2, 0.25) is 0 Å². The van der Waals surface area contributed by atoms with Crippen LogP contribution in [0.3, 0.4) is 0 Å². The molecular weight excluding hydrogens is 266 g/mol. The molecule has 0 fully saturated rings. The summed E-state index contributed by atoms with van der Waals surface area (Å²) >= 11 is 0. The fourth-order valence-corrected chi connectivity index (χ4v) is 2.30. The highest BCUT2D eigenvalue weighted by molar-refractivity contribution is 5.75. The molecule has 1 aromatic carbocycles. The van der Waals surface area contributed by atoms with Crippen molar-refractivity contribution in [2.75, 3.05) is 6.61 Å². The van der Waals surface area contributed by atoms with E-state index in [0.29, 0.717) is 12.9 Å². The lowest BCUT2D eigenvalue weighted by molar-refractivity contribution is 0.112. The van der Waals surface area contributed by atoms with Gasteiger partial charge in [0.1, 0.15) is 5.75 Å². The molecule has 0 radical (unpaired) electrons. The van der Waals surface area contributed by atoms with Crippen molar-refractivity contribution in [1.29, 1.82) is 0 Å². The van der Waals surface area contributed by atoms with Crippen LogP contribution in [0, 0.1) is 0 Å². The second-order valence-electron chi connectivity index (χ2n) is 5.02. The lowest BCUT2D eigenvalue weighted by atomic mass is 10.1. The lowest BCUT2D eigenvalue weighted by Gasteiger charge is -2.17. The molecule has 0 bridgehead atoms. The zero-order chi connectivity index (χ0) is 15.4. The topological polar surface area (TPSA) is 48.3 Å². The van der Waals surface area contributed by atoms with Crippen molar-refractivity contribution in [1.82, 2.24) is 4.57 Å². The number of hydrogen-bond donors (Lipinski definition) is 0. The first-order valence-electron chi connectivity index (χ1n) is 7.02. The van der Waals surface area contributed by atoms with Crippen molar-refractivity contribution in [3.8, 4) is 17.0 Å². The molecule has 0 aliphatic rings. The molecule has 0 saturated heterocycles. The normalized spacial score (nSPS) is 10.7. The second kappa shape index (κ2) is 6.39. The fraction of sp³-hybridized carbons (Fsp3) is 0.294. The quantitative estimate of drug-likeness (QED) is 0.792. The Balaban J connectivity index is 2.55. The molecule has 110 valence electrons. The van der Waals surface area contributed by atoms with Crippen LogP contribution in [0.1, 0.15) is 37.2 Å². The molecule has 0 amide bonds. The first kappa shape index (κ1) is 15.0. The van der Waals surface area contributed by atoms with Crippen molar-refractivity contribution in [2.45, 2.75) is 26.8 Å². The monoisotopic (exact) mass is 285 g/mol. The van der Waals surface area contributed by atoms with Crippen LogP contribution in [0.25, 0.3) is 11.3 Å². The molecule has 0 aliphatic heterocycles. The third-order valence-electron chi connectivity index (χ3n) is 3.25. The van der Waals surface area contributed by atoms with Crippen LogP contribution in [-0.4, -0.2) is 17.5 Å². The highest BCUT2D eigenvalue weighted by Gasteiger charge is 2.12. The van der Waals surface area contributed by atoms with Gasteiger partial charge in [0.2, 0.25) is 0 Å². The minimum atomic E-state index is -0.258. The number of nitrogens with zero attached hydrogens (tertiary/aromatic N) is 1. The smallest absolute Gasteiger partial charge is 0.261 e. The average Bonchev–Trinajstić information content (AvgIpc) is 2.47. The number of aromatic nitrogens is 1. The molecule has 0 saturated carbocycles. The molecule has 1 aromatic heterocycles. The SMILES string of the molecule is CCOc1ccc(-c2ccc(C=O)c(=O)n2C(C)C)cc1. The van der Waals surface area contributed by atoms with Gasteiger partial charge in [0.05, 0.1) is 17.9 Å². The number of rotatable bonds is 5. The molecule has 0 unspecified atom stereocenters. The highest BCUT2D eigenvalue weighted by Crippen LogP contribution is 2.23. The summed E-state index contributed by atoms with van der Waals surface area (Å²) in [4.78, 5) is 23.2. The third kappa shape index (κ3) is 3.05. The Bertz CT molecular complexity index is 684. The van der Waals surface area contributed by atoms with Crippen LogP contribution < -0.4 is 10.3 Å². The molecule has 4 heteroatoms. The van der Waals surface area contributed by atoms with Gasteiger partial charge in [-0.3, -0.25) is 9.59 Å². The molecular formula is C17H19NO3. The van der Waals surface area contributed by atoms with Crippen LogP contribution >= 0.6 is 0 Å². The summed E-state index contributed by atoms with van der Waals surface area (Å²) in [5.74, 6) is 0.796. The first-order valence-corrected chi connectivity index (χ1v) is 7.02. The number of carbonyl (C=O) groups excluding carboxylic acids is 1. The standard InChI is InChI=1S/C17H19NO3/c1-4-21-15-8-5-13(6-9-15)16-10-7-14(11-19)17(20)18(16)12(2)3/h5-12H,4H2,1-3H3. The fourth-order valence-electron chi connectivity index (χ4n) is 2.30. The maximum atomic E-state index is 12.3. The van der Waals surface area contributed by atoms with Crippen LogP contribution in [-0.2, 0) is 0 Å². The van der Waals surface area contributed by atoms with Gasteiger partial charge >= 0.3 is 0 Å². The molecule has 0 aliphatic carbocycles. The molecule has 0 atom stereocenters. The van der Waals surface area contributed by atoms with Gasteiger partial charge in [-0.2, -0.15) is 0 Å². The van der Waals surface area contributed by atoms with Gasteiger partial charge in [-0.15, -0.1) is 0 Å². The maximum Gasteiger partial charge on any atom is 0.261 e. The van der Waals surface area contributed by atoms with Crippen LogP contribution in [0.4, 0.5) is 0 Å². The van der Waals surface area contributed by atoms with Gasteiger partial charge < -0.3 is 9.30 Å². The van der Waals surface area contributed by atoms with E-state index in [-0.39, 0.29) is 17.2 Å². The summed E-state index contributed by atoms with van der Waals surface area (Å²) in [6.07, 6.45) is 0.600. The Hall–Kier alpha value is -2.36. The zero-order valence-electron chi connectivity index (χ0n) is 12.5. The Kier molecular flexibility index (Phi) is 4.58. The van der Waals surface area contributed by atoms with E-state index >= 15 is 0 Å². The number of ether oxygens (including phenoxy) is 1. The minimum Gasteiger partial charge on any atom is -0.494 e. The van der Waals surface area contributed by atoms with E-state index in [1.54, 1.807) is 16.7 Å². The van der Waals surface area contributed by atoms with Crippen molar-refractivity contribution in [2.24, 2.45) is 0 Å². The summed E-state index contributed by atoms with van der Waals surface area (Å²) in [5.41, 5.74) is 1.63.